The topological polar surface area (TPSA) is 103 Å². The van der Waals surface area contributed by atoms with Gasteiger partial charge < -0.3 is 9.15 Å². The molecule has 1 heterocycles. The van der Waals surface area contributed by atoms with Gasteiger partial charge in [0.2, 0.25) is 10.0 Å². The monoisotopic (exact) mass is 519 g/mol. The van der Waals surface area contributed by atoms with Crippen LogP contribution in [0.4, 0.5) is 0 Å². The summed E-state index contributed by atoms with van der Waals surface area (Å²) < 4.78 is 39.1. The average molecular weight is 520 g/mol. The summed E-state index contributed by atoms with van der Waals surface area (Å²) in [5.74, 6) is -0.795. The van der Waals surface area contributed by atoms with E-state index in [0.717, 1.165) is 30.4 Å². The van der Waals surface area contributed by atoms with Gasteiger partial charge in [-0.05, 0) is 49.9 Å². The molecule has 2 aromatic carbocycles. The molecule has 0 aliphatic rings. The molecule has 1 N–H and O–H groups in total. The van der Waals surface area contributed by atoms with Gasteiger partial charge in [0.05, 0.1) is 9.92 Å². The van der Waals surface area contributed by atoms with Crippen molar-refractivity contribution in [1.82, 2.24) is 4.72 Å². The van der Waals surface area contributed by atoms with Crippen LogP contribution in [-0.2, 0) is 21.2 Å². The van der Waals surface area contributed by atoms with Crippen LogP contribution in [0.2, 0.25) is 5.02 Å². The first kappa shape index (κ1) is 26.9. The maximum absolute atomic E-state index is 13.0. The number of unbranched alkanes of at least 4 members (excludes halogenated alkanes) is 2. The number of hydrogen-bond donors (Lipinski definition) is 1. The number of rotatable bonds is 11. The van der Waals surface area contributed by atoms with Crippen LogP contribution in [-0.4, -0.2) is 20.4 Å². The molecule has 0 saturated carbocycles. The second-order valence-corrected chi connectivity index (χ2v) is 10.6. The zero-order valence-corrected chi connectivity index (χ0v) is 21.7. The molecule has 7 nitrogen and oxygen atoms in total. The van der Waals surface area contributed by atoms with E-state index in [-0.39, 0.29) is 27.7 Å². The predicted octanol–water partition coefficient (Wildman–Crippen LogP) is 5.54. The third-order valence-corrected chi connectivity index (χ3v) is 7.44. The number of esters is 1. The molecule has 0 bridgehead atoms. The van der Waals surface area contributed by atoms with Crippen molar-refractivity contribution < 1.29 is 22.4 Å². The SMILES string of the molecule is CCCCc1cc(=O)oc2cc(OC(=O)[C@@H](CCCC)NS(=O)(=O)c3ccc(C)cc3)c(Cl)cc12. The number of aryl methyl sites for hydroxylation is 2. The molecule has 9 heteroatoms. The first-order valence-corrected chi connectivity index (χ1v) is 13.6. The first-order valence-electron chi connectivity index (χ1n) is 11.7. The molecule has 0 saturated heterocycles. The zero-order chi connectivity index (χ0) is 25.6. The number of nitrogens with one attached hydrogen (secondary N) is 1. The van der Waals surface area contributed by atoms with Crippen LogP contribution in [0.3, 0.4) is 0 Å². The number of hydrogen-bond acceptors (Lipinski definition) is 6. The third kappa shape index (κ3) is 6.93. The van der Waals surface area contributed by atoms with Crippen LogP contribution in [0.5, 0.6) is 5.75 Å². The van der Waals surface area contributed by atoms with Gasteiger partial charge in [-0.2, -0.15) is 4.72 Å². The fourth-order valence-electron chi connectivity index (χ4n) is 3.67. The van der Waals surface area contributed by atoms with Crippen molar-refractivity contribution in [3.63, 3.8) is 0 Å². The molecule has 0 spiro atoms. The van der Waals surface area contributed by atoms with Gasteiger partial charge in [-0.3, -0.25) is 0 Å². The molecule has 0 aliphatic heterocycles. The summed E-state index contributed by atoms with van der Waals surface area (Å²) in [4.78, 5) is 25.1. The van der Waals surface area contributed by atoms with E-state index < -0.39 is 27.7 Å². The number of fused-ring (bicyclic) bond motifs is 1. The summed E-state index contributed by atoms with van der Waals surface area (Å²) in [5, 5.41) is 0.832. The molecule has 1 aromatic heterocycles. The lowest BCUT2D eigenvalue weighted by atomic mass is 10.0. The summed E-state index contributed by atoms with van der Waals surface area (Å²) in [6.07, 6.45) is 4.17. The van der Waals surface area contributed by atoms with Crippen LogP contribution >= 0.6 is 11.6 Å². The maximum Gasteiger partial charge on any atom is 0.336 e. The van der Waals surface area contributed by atoms with Gasteiger partial charge in [-0.1, -0.05) is 62.4 Å². The van der Waals surface area contributed by atoms with Crippen molar-refractivity contribution in [3.05, 3.63) is 69.0 Å². The number of benzene rings is 2. The Labute approximate surface area is 210 Å². The van der Waals surface area contributed by atoms with E-state index in [1.807, 2.05) is 13.8 Å². The van der Waals surface area contributed by atoms with E-state index in [1.165, 1.54) is 24.3 Å². The van der Waals surface area contributed by atoms with E-state index in [0.29, 0.717) is 18.2 Å². The average Bonchev–Trinajstić information content (AvgIpc) is 2.81. The quantitative estimate of drug-likeness (QED) is 0.203. The van der Waals surface area contributed by atoms with Gasteiger partial charge in [0, 0.05) is 17.5 Å². The Morgan fingerprint density at radius 3 is 2.43 bits per heavy atom. The molecular weight excluding hydrogens is 490 g/mol. The minimum absolute atomic E-state index is 0.00371. The molecule has 0 fully saturated rings. The Kier molecular flexibility index (Phi) is 9.10. The van der Waals surface area contributed by atoms with Crippen LogP contribution in [0.25, 0.3) is 11.0 Å². The normalized spacial score (nSPS) is 12.6. The van der Waals surface area contributed by atoms with Gasteiger partial charge in [0.25, 0.3) is 0 Å². The summed E-state index contributed by atoms with van der Waals surface area (Å²) >= 11 is 6.41. The van der Waals surface area contributed by atoms with Gasteiger partial charge in [-0.25, -0.2) is 18.0 Å². The molecule has 1 atom stereocenters. The fourth-order valence-corrected chi connectivity index (χ4v) is 5.09. The zero-order valence-electron chi connectivity index (χ0n) is 20.1. The van der Waals surface area contributed by atoms with Crippen LogP contribution in [0.15, 0.2) is 56.6 Å². The molecule has 35 heavy (non-hydrogen) atoms. The number of halogens is 1. The van der Waals surface area contributed by atoms with Crippen molar-refractivity contribution in [2.24, 2.45) is 0 Å². The summed E-state index contributed by atoms with van der Waals surface area (Å²) in [7, 11) is -3.95. The van der Waals surface area contributed by atoms with Crippen molar-refractivity contribution in [2.75, 3.05) is 0 Å². The number of sulfonamides is 1. The Balaban J connectivity index is 1.89. The van der Waals surface area contributed by atoms with Crippen molar-refractivity contribution in [2.45, 2.75) is 70.2 Å². The third-order valence-electron chi connectivity index (χ3n) is 5.65. The van der Waals surface area contributed by atoms with Gasteiger partial charge >= 0.3 is 11.6 Å². The van der Waals surface area contributed by atoms with Gasteiger partial charge in [0.1, 0.15) is 11.6 Å². The standard InChI is InChI=1S/C26H30ClNO6S/c1-4-6-8-18-14-25(29)33-23-16-24(21(27)15-20(18)23)34-26(30)22(9-7-5-2)28-35(31,32)19-12-10-17(3)11-13-19/h10-16,22,28H,4-9H2,1-3H3/t22-/m1/s1. The minimum Gasteiger partial charge on any atom is -0.424 e. The fraction of sp³-hybridized carbons (Fsp3) is 0.385. The van der Waals surface area contributed by atoms with Crippen LogP contribution in [0, 0.1) is 6.92 Å². The lowest BCUT2D eigenvalue weighted by Crippen LogP contribution is -2.43. The van der Waals surface area contributed by atoms with Crippen molar-refractivity contribution >= 4 is 38.6 Å². The summed E-state index contributed by atoms with van der Waals surface area (Å²) in [6, 6.07) is 9.67. The highest BCUT2D eigenvalue weighted by molar-refractivity contribution is 7.89. The highest BCUT2D eigenvalue weighted by Crippen LogP contribution is 2.32. The Bertz CT molecular complexity index is 1350. The lowest BCUT2D eigenvalue weighted by molar-refractivity contribution is -0.136. The maximum atomic E-state index is 13.0. The molecule has 188 valence electrons. The van der Waals surface area contributed by atoms with Crippen molar-refractivity contribution in [1.29, 1.82) is 0 Å². The van der Waals surface area contributed by atoms with E-state index in [2.05, 4.69) is 11.6 Å². The highest BCUT2D eigenvalue weighted by atomic mass is 35.5. The van der Waals surface area contributed by atoms with E-state index in [9.17, 15) is 18.0 Å². The Morgan fingerprint density at radius 2 is 1.77 bits per heavy atom. The van der Waals surface area contributed by atoms with Crippen LogP contribution in [0.1, 0.15) is 57.1 Å². The smallest absolute Gasteiger partial charge is 0.336 e. The van der Waals surface area contributed by atoms with Gasteiger partial charge in [-0.15, -0.1) is 0 Å². The van der Waals surface area contributed by atoms with Crippen LogP contribution < -0.4 is 15.1 Å². The second kappa shape index (κ2) is 11.8. The molecule has 3 aromatic rings. The first-order chi connectivity index (χ1) is 16.6. The summed E-state index contributed by atoms with van der Waals surface area (Å²) in [6.45, 7) is 5.85. The molecule has 3 rings (SSSR count). The Hall–Kier alpha value is -2.68. The number of carbonyl (C=O) groups is 1. The molecule has 0 unspecified atom stereocenters. The molecule has 0 aliphatic carbocycles. The number of carbonyl (C=O) groups excluding carboxylic acids is 1. The van der Waals surface area contributed by atoms with E-state index in [4.69, 9.17) is 20.8 Å². The predicted molar refractivity (Wildman–Crippen MR) is 137 cm³/mol. The molecule has 0 radical (unpaired) electrons. The lowest BCUT2D eigenvalue weighted by Gasteiger charge is -2.18. The largest absolute Gasteiger partial charge is 0.424 e. The highest BCUT2D eigenvalue weighted by Gasteiger charge is 2.28. The Morgan fingerprint density at radius 1 is 1.09 bits per heavy atom. The van der Waals surface area contributed by atoms with E-state index in [1.54, 1.807) is 18.2 Å². The van der Waals surface area contributed by atoms with Gasteiger partial charge in [0.15, 0.2) is 5.75 Å². The minimum atomic E-state index is -3.95. The molecule has 0 amide bonds. The molecular formula is C26H30ClNO6S. The number of ether oxygens (including phenoxy) is 1. The second-order valence-electron chi connectivity index (χ2n) is 8.52. The van der Waals surface area contributed by atoms with E-state index >= 15 is 0 Å². The van der Waals surface area contributed by atoms with Crippen molar-refractivity contribution in [3.8, 4) is 5.75 Å². The summed E-state index contributed by atoms with van der Waals surface area (Å²) in [5.41, 5.74) is 1.47.